The van der Waals surface area contributed by atoms with Crippen molar-refractivity contribution in [2.75, 3.05) is 0 Å². The van der Waals surface area contributed by atoms with Gasteiger partial charge >= 0.3 is 0 Å². The third-order valence-corrected chi connectivity index (χ3v) is 29.6. The van der Waals surface area contributed by atoms with Crippen LogP contribution in [0, 0.1) is 140 Å². The summed E-state index contributed by atoms with van der Waals surface area (Å²) in [5.74, 6) is 19.9. The number of rotatable bonds is 2. The fourth-order valence-electron chi connectivity index (χ4n) is 20.4. The second-order valence-corrected chi connectivity index (χ2v) is 35.9. The Labute approximate surface area is 507 Å². The van der Waals surface area contributed by atoms with Gasteiger partial charge in [0, 0.05) is 0 Å². The summed E-state index contributed by atoms with van der Waals surface area (Å²) in [6.45, 7) is 50.6. The van der Waals surface area contributed by atoms with Crippen LogP contribution in [-0.4, -0.2) is 0 Å². The predicted octanol–water partition coefficient (Wildman–Crippen LogP) is 26.8. The van der Waals surface area contributed by atoms with Gasteiger partial charge in [0.2, 0.25) is 0 Å². The third-order valence-electron chi connectivity index (χ3n) is 29.6. The summed E-state index contributed by atoms with van der Waals surface area (Å²) in [7, 11) is 0. The highest BCUT2D eigenvalue weighted by Gasteiger charge is 2.50. The van der Waals surface area contributed by atoms with Crippen LogP contribution >= 0.6 is 0 Å². The fourth-order valence-corrected chi connectivity index (χ4v) is 20.4. The van der Waals surface area contributed by atoms with E-state index in [4.69, 9.17) is 0 Å². The molecule has 0 heterocycles. The second-order valence-electron chi connectivity index (χ2n) is 35.9. The quantitative estimate of drug-likeness (QED) is 0.259. The summed E-state index contributed by atoms with van der Waals surface area (Å²) in [6.07, 6.45) is 52.3. The molecule has 0 aromatic heterocycles. The van der Waals surface area contributed by atoms with E-state index in [9.17, 15) is 0 Å². The zero-order valence-electron chi connectivity index (χ0n) is 59.2. The molecule has 0 nitrogen and oxygen atoms in total. The zero-order valence-corrected chi connectivity index (χ0v) is 59.2. The molecule has 0 aromatic rings. The highest BCUT2D eigenvalue weighted by Crippen LogP contribution is 2.59. The lowest BCUT2D eigenvalue weighted by Gasteiger charge is -2.47. The van der Waals surface area contributed by atoms with Gasteiger partial charge in [-0.3, -0.25) is 0 Å². The maximum atomic E-state index is 2.48. The first-order chi connectivity index (χ1) is 37.5. The molecule has 0 amide bonds. The van der Waals surface area contributed by atoms with Crippen molar-refractivity contribution >= 4 is 0 Å². The number of fused-ring (bicyclic) bond motifs is 8. The van der Waals surface area contributed by atoms with E-state index < -0.39 is 0 Å². The zero-order chi connectivity index (χ0) is 59.2. The minimum absolute atomic E-state index is 0.571. The lowest BCUT2D eigenvalue weighted by atomic mass is 9.58. The van der Waals surface area contributed by atoms with Gasteiger partial charge in [-0.1, -0.05) is 267 Å². The minimum Gasteiger partial charge on any atom is -0.0651 e. The Hall–Kier alpha value is 0. The molecule has 0 spiro atoms. The molecule has 13 fully saturated rings. The Morgan fingerprint density at radius 2 is 0.825 bits per heavy atom. The number of hydrogen-bond donors (Lipinski definition) is 0. The van der Waals surface area contributed by atoms with Crippen LogP contribution in [0.15, 0.2) is 0 Å². The average molecular weight is 1110 g/mol. The summed E-state index contributed by atoms with van der Waals surface area (Å²) >= 11 is 0. The Morgan fingerprint density at radius 3 is 1.10 bits per heavy atom. The lowest BCUT2D eigenvalue weighted by molar-refractivity contribution is 0.0286. The molecule has 13 rings (SSSR count). The van der Waals surface area contributed by atoms with E-state index >= 15 is 0 Å². The van der Waals surface area contributed by atoms with Crippen LogP contribution in [0.4, 0.5) is 0 Å². The van der Waals surface area contributed by atoms with Gasteiger partial charge in [-0.25, -0.2) is 0 Å². The van der Waals surface area contributed by atoms with Crippen LogP contribution in [0.25, 0.3) is 0 Å². The van der Waals surface area contributed by atoms with E-state index in [2.05, 4.69) is 145 Å². The molecule has 472 valence electrons. The van der Waals surface area contributed by atoms with E-state index in [1.54, 1.807) is 32.1 Å². The van der Waals surface area contributed by atoms with Crippen molar-refractivity contribution in [3.05, 3.63) is 0 Å². The van der Waals surface area contributed by atoms with Crippen LogP contribution in [0.5, 0.6) is 0 Å². The summed E-state index contributed by atoms with van der Waals surface area (Å²) in [4.78, 5) is 0. The predicted molar refractivity (Wildman–Crippen MR) is 359 cm³/mol. The van der Waals surface area contributed by atoms with Gasteiger partial charge in [-0.2, -0.15) is 0 Å². The molecule has 0 N–H and O–H groups in total. The summed E-state index contributed by atoms with van der Waals surface area (Å²) < 4.78 is 0. The van der Waals surface area contributed by atoms with Crippen LogP contribution in [0.3, 0.4) is 0 Å². The topological polar surface area (TPSA) is 0 Å². The molecular weight excluding hydrogens is 961 g/mol. The van der Waals surface area contributed by atoms with Crippen molar-refractivity contribution < 1.29 is 0 Å². The monoisotopic (exact) mass is 1110 g/mol. The molecule has 13 aliphatic carbocycles. The van der Waals surface area contributed by atoms with Gasteiger partial charge < -0.3 is 0 Å². The molecule has 13 aliphatic rings. The smallest absolute Gasteiger partial charge is 0.0297 e. The Kier molecular flexibility index (Phi) is 28.6. The first kappa shape index (κ1) is 70.8. The molecule has 11 unspecified atom stereocenters. The molecule has 0 heteroatoms. The Balaban J connectivity index is 0.000000166. The van der Waals surface area contributed by atoms with Crippen LogP contribution in [0.2, 0.25) is 0 Å². The number of hydrogen-bond acceptors (Lipinski definition) is 0. The van der Waals surface area contributed by atoms with Crippen molar-refractivity contribution in [1.82, 2.24) is 0 Å². The SMILES string of the molecule is CC1C(C)(C)CCCC1(C)C.CC1C2CCC(C2)[C@H]1C.CC1CCCC(C)C1C.CCC1CCCC1.CCC1CCCCC1.C[C@@H]1C2CCC(C2)C1(C)C.C[C@@H]1CCCCC1(C)C.C[C@H]1CC2CCC1(C)C2.C[C@H]1CC2CCC1C2. The van der Waals surface area contributed by atoms with E-state index in [0.29, 0.717) is 21.7 Å². The second kappa shape index (κ2) is 32.3. The van der Waals surface area contributed by atoms with Gasteiger partial charge in [0.1, 0.15) is 0 Å². The highest BCUT2D eigenvalue weighted by atomic mass is 14.6. The molecule has 80 heavy (non-hydrogen) atoms. The van der Waals surface area contributed by atoms with Crippen molar-refractivity contribution in [3.8, 4) is 0 Å². The molecule has 16 atom stereocenters. The van der Waals surface area contributed by atoms with Crippen molar-refractivity contribution in [1.29, 1.82) is 0 Å². The van der Waals surface area contributed by atoms with E-state index in [-0.39, 0.29) is 0 Å². The van der Waals surface area contributed by atoms with Crippen molar-refractivity contribution in [2.24, 2.45) is 140 Å². The van der Waals surface area contributed by atoms with Gasteiger partial charge in [0.15, 0.2) is 0 Å². The standard InChI is InChI=1S/C11H22.C10H18.2C9H16.2C9H18.C8H14.C8H16.C7H14/c1-9-10(2,3)7-6-8-11(9,4)5;1-7-8-4-5-9(6-8)10(7,2)3;1-7-5-8-3-4-9(7,2)6-8;1-6-7(2)9-4-3-8(6)5-9;1-8-6-4-5-7-9(8,2)3;1-7-5-4-6-8(2)9(7)3;1-6-4-7-2-3-8(6)5-7;1-2-8-6-4-3-5-7-8;1-2-7-5-3-4-6-7/h9H,6-8H2,1-5H3;7-9H,4-6H2,1-3H3;7-8H,3-6H2,1-2H3;6-9H,3-5H2,1-2H3;8H,4-7H2,1-3H3;7-9H,4-6H2,1-3H3;6-8H,2-5H2,1H3;8H,2-7H2,1H3;7H,2-6H2,1H3/t;2*7-,8?,9?;6-,7?,8?,9?;8-;;6-,7?,8?;;/m.1001.0../s1. The maximum Gasteiger partial charge on any atom is -0.0297 e. The largest absolute Gasteiger partial charge is 0.0651 e. The Bertz CT molecular complexity index is 1610. The van der Waals surface area contributed by atoms with Gasteiger partial charge in [0.25, 0.3) is 0 Å². The van der Waals surface area contributed by atoms with E-state index in [0.717, 1.165) is 118 Å². The van der Waals surface area contributed by atoms with Crippen LogP contribution in [-0.2, 0) is 0 Å². The lowest BCUT2D eigenvalue weighted by Crippen LogP contribution is -2.38. The average Bonchev–Trinajstić information content (AvgIpc) is 4.31. The van der Waals surface area contributed by atoms with Gasteiger partial charge in [-0.15, -0.1) is 0 Å². The van der Waals surface area contributed by atoms with Crippen molar-refractivity contribution in [2.45, 2.75) is 370 Å². The first-order valence-electron chi connectivity index (χ1n) is 37.5. The first-order valence-corrected chi connectivity index (χ1v) is 37.5. The van der Waals surface area contributed by atoms with Crippen molar-refractivity contribution in [3.63, 3.8) is 0 Å². The fraction of sp³-hybridized carbons (Fsp3) is 1.00. The summed E-state index contributed by atoms with van der Waals surface area (Å²) in [5, 5.41) is 0. The molecule has 0 radical (unpaired) electrons. The molecule has 0 aliphatic heterocycles. The normalized spacial score (nSPS) is 41.8. The van der Waals surface area contributed by atoms with Gasteiger partial charge in [-0.05, 0) is 242 Å². The molecule has 8 bridgehead atoms. The highest BCUT2D eigenvalue weighted by molar-refractivity contribution is 5.00. The van der Waals surface area contributed by atoms with Crippen LogP contribution in [0.1, 0.15) is 370 Å². The maximum absolute atomic E-state index is 2.48. The Morgan fingerprint density at radius 1 is 0.325 bits per heavy atom. The molecule has 0 saturated heterocycles. The minimum atomic E-state index is 0.571. The summed E-state index contributed by atoms with van der Waals surface area (Å²) in [6, 6.07) is 0. The van der Waals surface area contributed by atoms with E-state index in [1.807, 2.05) is 0 Å². The molecular formula is C80H152. The third kappa shape index (κ3) is 20.3. The van der Waals surface area contributed by atoms with E-state index in [1.165, 1.54) is 193 Å². The molecule has 0 aromatic carbocycles. The van der Waals surface area contributed by atoms with Crippen LogP contribution < -0.4 is 0 Å². The molecule has 13 saturated carbocycles. The van der Waals surface area contributed by atoms with Gasteiger partial charge in [0.05, 0.1) is 0 Å². The summed E-state index contributed by atoms with van der Waals surface area (Å²) in [5.41, 5.74) is 3.22.